The quantitative estimate of drug-likeness (QED) is 0.471. The van der Waals surface area contributed by atoms with Crippen molar-refractivity contribution in [3.05, 3.63) is 34.9 Å². The number of hydrogen-bond donors (Lipinski definition) is 3. The van der Waals surface area contributed by atoms with E-state index in [-0.39, 0.29) is 5.96 Å². The Labute approximate surface area is 78.5 Å². The fourth-order valence-corrected chi connectivity index (χ4v) is 1.18. The van der Waals surface area contributed by atoms with Crippen LogP contribution in [0, 0.1) is 19.3 Å². The maximum absolute atomic E-state index is 7.03. The van der Waals surface area contributed by atoms with Crippen LogP contribution in [0.2, 0.25) is 0 Å². The minimum absolute atomic E-state index is 0.0147. The van der Waals surface area contributed by atoms with Crippen LogP contribution in [-0.2, 0) is 6.54 Å². The molecule has 0 aliphatic rings. The Bertz CT molecular complexity index is 318. The van der Waals surface area contributed by atoms with Crippen molar-refractivity contribution in [2.45, 2.75) is 20.4 Å². The Balaban J connectivity index is 2.75. The van der Waals surface area contributed by atoms with Gasteiger partial charge in [0, 0.05) is 6.54 Å². The maximum Gasteiger partial charge on any atom is 0.185 e. The maximum atomic E-state index is 7.03. The molecule has 1 aromatic carbocycles. The third-order valence-corrected chi connectivity index (χ3v) is 1.97. The molecule has 4 N–H and O–H groups in total. The van der Waals surface area contributed by atoms with Gasteiger partial charge in [0.25, 0.3) is 0 Å². The lowest BCUT2D eigenvalue weighted by Gasteiger charge is -2.07. The van der Waals surface area contributed by atoms with Crippen molar-refractivity contribution in [1.29, 1.82) is 5.41 Å². The highest BCUT2D eigenvalue weighted by atomic mass is 15.0. The minimum atomic E-state index is 0.0147. The van der Waals surface area contributed by atoms with Gasteiger partial charge in [-0.05, 0) is 25.0 Å². The van der Waals surface area contributed by atoms with E-state index in [4.69, 9.17) is 11.1 Å². The molecule has 13 heavy (non-hydrogen) atoms. The van der Waals surface area contributed by atoms with Crippen LogP contribution in [0.15, 0.2) is 18.2 Å². The van der Waals surface area contributed by atoms with Crippen molar-refractivity contribution >= 4 is 5.96 Å². The second kappa shape index (κ2) is 3.94. The summed E-state index contributed by atoms with van der Waals surface area (Å²) in [6, 6.07) is 6.25. The topological polar surface area (TPSA) is 61.9 Å². The van der Waals surface area contributed by atoms with Crippen LogP contribution in [-0.4, -0.2) is 5.96 Å². The zero-order valence-electron chi connectivity index (χ0n) is 8.02. The monoisotopic (exact) mass is 177 g/mol. The first-order valence-corrected chi connectivity index (χ1v) is 4.23. The predicted octanol–water partition coefficient (Wildman–Crippen LogP) is 1.29. The van der Waals surface area contributed by atoms with E-state index in [1.807, 2.05) is 0 Å². The predicted molar refractivity (Wildman–Crippen MR) is 54.7 cm³/mol. The highest BCUT2D eigenvalue weighted by molar-refractivity contribution is 5.74. The molecule has 1 rings (SSSR count). The molecule has 1 aromatic rings. The fraction of sp³-hybridized carbons (Fsp3) is 0.300. The van der Waals surface area contributed by atoms with Crippen LogP contribution >= 0.6 is 0 Å². The average molecular weight is 177 g/mol. The number of benzene rings is 1. The summed E-state index contributed by atoms with van der Waals surface area (Å²) in [6.45, 7) is 4.73. The molecule has 0 atom stereocenters. The summed E-state index contributed by atoms with van der Waals surface area (Å²) < 4.78 is 0. The van der Waals surface area contributed by atoms with E-state index in [1.165, 1.54) is 16.7 Å². The molecule has 3 heteroatoms. The first kappa shape index (κ1) is 9.58. The van der Waals surface area contributed by atoms with E-state index in [0.717, 1.165) is 0 Å². The first-order chi connectivity index (χ1) is 6.09. The molecule has 0 bridgehead atoms. The molecule has 0 saturated heterocycles. The van der Waals surface area contributed by atoms with Gasteiger partial charge in [-0.15, -0.1) is 0 Å². The van der Waals surface area contributed by atoms with Gasteiger partial charge >= 0.3 is 0 Å². The number of rotatable bonds is 2. The van der Waals surface area contributed by atoms with E-state index in [9.17, 15) is 0 Å². The Morgan fingerprint density at radius 2 is 2.15 bits per heavy atom. The Hall–Kier alpha value is -1.51. The molecule has 70 valence electrons. The Morgan fingerprint density at radius 1 is 1.46 bits per heavy atom. The van der Waals surface area contributed by atoms with Gasteiger partial charge in [0.2, 0.25) is 0 Å². The van der Waals surface area contributed by atoms with E-state index >= 15 is 0 Å². The van der Waals surface area contributed by atoms with Crippen LogP contribution in [0.1, 0.15) is 16.7 Å². The highest BCUT2D eigenvalue weighted by Crippen LogP contribution is 2.09. The van der Waals surface area contributed by atoms with Crippen LogP contribution in [0.25, 0.3) is 0 Å². The van der Waals surface area contributed by atoms with Gasteiger partial charge in [0.1, 0.15) is 0 Å². The SMILES string of the molecule is Cc1ccc(C)c(CNC(=N)N)c1. The van der Waals surface area contributed by atoms with Crippen molar-refractivity contribution in [2.24, 2.45) is 5.73 Å². The van der Waals surface area contributed by atoms with E-state index in [2.05, 4.69) is 37.4 Å². The normalized spacial score (nSPS) is 9.69. The molecular weight excluding hydrogens is 162 g/mol. The van der Waals surface area contributed by atoms with E-state index in [0.29, 0.717) is 6.54 Å². The van der Waals surface area contributed by atoms with Gasteiger partial charge in [0.15, 0.2) is 5.96 Å². The minimum Gasteiger partial charge on any atom is -0.370 e. The molecule has 0 heterocycles. The van der Waals surface area contributed by atoms with Crippen molar-refractivity contribution in [3.63, 3.8) is 0 Å². The van der Waals surface area contributed by atoms with Crippen LogP contribution in [0.4, 0.5) is 0 Å². The van der Waals surface area contributed by atoms with Crippen LogP contribution in [0.3, 0.4) is 0 Å². The average Bonchev–Trinajstić information content (AvgIpc) is 2.06. The van der Waals surface area contributed by atoms with Gasteiger partial charge in [-0.25, -0.2) is 0 Å². The van der Waals surface area contributed by atoms with E-state index < -0.39 is 0 Å². The number of nitrogens with two attached hydrogens (primary N) is 1. The lowest BCUT2D eigenvalue weighted by Crippen LogP contribution is -2.29. The molecule has 0 fully saturated rings. The standard InChI is InChI=1S/C10H15N3/c1-7-3-4-8(2)9(5-7)6-13-10(11)12/h3-5H,6H2,1-2H3,(H4,11,12,13). The van der Waals surface area contributed by atoms with Crippen LogP contribution < -0.4 is 11.1 Å². The summed E-state index contributed by atoms with van der Waals surface area (Å²) in [6.07, 6.45) is 0. The van der Waals surface area contributed by atoms with Gasteiger partial charge < -0.3 is 11.1 Å². The lowest BCUT2D eigenvalue weighted by atomic mass is 10.1. The van der Waals surface area contributed by atoms with Gasteiger partial charge in [0.05, 0.1) is 0 Å². The fourth-order valence-electron chi connectivity index (χ4n) is 1.18. The van der Waals surface area contributed by atoms with Crippen LogP contribution in [0.5, 0.6) is 0 Å². The molecule has 0 aliphatic heterocycles. The summed E-state index contributed by atoms with van der Waals surface area (Å²) in [4.78, 5) is 0. The van der Waals surface area contributed by atoms with Gasteiger partial charge in [-0.1, -0.05) is 23.8 Å². The van der Waals surface area contributed by atoms with Crippen molar-refractivity contribution in [1.82, 2.24) is 5.32 Å². The molecule has 3 nitrogen and oxygen atoms in total. The molecule has 0 aliphatic carbocycles. The summed E-state index contributed by atoms with van der Waals surface area (Å²) in [5.74, 6) is 0.0147. The molecule has 0 aromatic heterocycles. The molecular formula is C10H15N3. The Morgan fingerprint density at radius 3 is 2.77 bits per heavy atom. The lowest BCUT2D eigenvalue weighted by molar-refractivity contribution is 0.887. The number of hydrogen-bond acceptors (Lipinski definition) is 1. The second-order valence-corrected chi connectivity index (χ2v) is 3.20. The van der Waals surface area contributed by atoms with Crippen molar-refractivity contribution < 1.29 is 0 Å². The molecule has 0 spiro atoms. The van der Waals surface area contributed by atoms with Gasteiger partial charge in [-0.2, -0.15) is 0 Å². The summed E-state index contributed by atoms with van der Waals surface area (Å²) in [7, 11) is 0. The number of nitrogens with one attached hydrogen (secondary N) is 2. The first-order valence-electron chi connectivity index (χ1n) is 4.23. The smallest absolute Gasteiger partial charge is 0.185 e. The molecule has 0 unspecified atom stereocenters. The van der Waals surface area contributed by atoms with Gasteiger partial charge in [-0.3, -0.25) is 5.41 Å². The van der Waals surface area contributed by atoms with Crippen molar-refractivity contribution in [2.75, 3.05) is 0 Å². The highest BCUT2D eigenvalue weighted by Gasteiger charge is 1.98. The zero-order chi connectivity index (χ0) is 9.84. The number of guanidine groups is 1. The molecule has 0 saturated carbocycles. The summed E-state index contributed by atoms with van der Waals surface area (Å²) in [5, 5.41) is 9.83. The largest absolute Gasteiger partial charge is 0.370 e. The van der Waals surface area contributed by atoms with Crippen molar-refractivity contribution in [3.8, 4) is 0 Å². The number of aryl methyl sites for hydroxylation is 2. The Kier molecular flexibility index (Phi) is 2.90. The molecule has 0 amide bonds. The third-order valence-electron chi connectivity index (χ3n) is 1.97. The summed E-state index contributed by atoms with van der Waals surface area (Å²) in [5.41, 5.74) is 8.84. The van der Waals surface area contributed by atoms with E-state index in [1.54, 1.807) is 0 Å². The summed E-state index contributed by atoms with van der Waals surface area (Å²) >= 11 is 0. The molecule has 0 radical (unpaired) electrons. The zero-order valence-corrected chi connectivity index (χ0v) is 8.02. The second-order valence-electron chi connectivity index (χ2n) is 3.20. The third kappa shape index (κ3) is 2.78.